The lowest BCUT2D eigenvalue weighted by atomic mass is 10.1. The highest BCUT2D eigenvalue weighted by Crippen LogP contribution is 2.26. The molecule has 2 rings (SSSR count). The highest BCUT2D eigenvalue weighted by atomic mass is 32.2. The van der Waals surface area contributed by atoms with E-state index < -0.39 is 17.5 Å². The van der Waals surface area contributed by atoms with Gasteiger partial charge in [0, 0.05) is 24.2 Å². The van der Waals surface area contributed by atoms with E-state index >= 15 is 0 Å². The van der Waals surface area contributed by atoms with Crippen LogP contribution in [0.1, 0.15) is 13.0 Å². The second-order valence-electron chi connectivity index (χ2n) is 3.89. The van der Waals surface area contributed by atoms with Crippen molar-refractivity contribution in [2.45, 2.75) is 13.8 Å². The van der Waals surface area contributed by atoms with E-state index in [-0.39, 0.29) is 18.3 Å². The summed E-state index contributed by atoms with van der Waals surface area (Å²) in [6, 6.07) is 0.956. The second kappa shape index (κ2) is 6.99. The van der Waals surface area contributed by atoms with Gasteiger partial charge in [0.1, 0.15) is 4.32 Å². The van der Waals surface area contributed by atoms with Crippen molar-refractivity contribution in [3.05, 3.63) is 35.3 Å². The van der Waals surface area contributed by atoms with E-state index in [1.165, 1.54) is 11.8 Å². The molecule has 2 N–H and O–H groups in total. The summed E-state index contributed by atoms with van der Waals surface area (Å²) in [5.74, 6) is -3.79. The third-order valence-electron chi connectivity index (χ3n) is 2.73. The van der Waals surface area contributed by atoms with Gasteiger partial charge in [-0.1, -0.05) is 19.6 Å². The van der Waals surface area contributed by atoms with Crippen LogP contribution in [0.15, 0.2) is 12.3 Å². The molecule has 0 unspecified atom stereocenters. The molecule has 0 saturated heterocycles. The van der Waals surface area contributed by atoms with Crippen LogP contribution in [0.4, 0.5) is 13.2 Å². The van der Waals surface area contributed by atoms with E-state index in [1.807, 2.05) is 6.26 Å². The molecule has 1 heterocycles. The summed E-state index contributed by atoms with van der Waals surface area (Å²) in [7, 11) is 0. The van der Waals surface area contributed by atoms with Gasteiger partial charge in [0.15, 0.2) is 17.5 Å². The molecule has 2 nitrogen and oxygen atoms in total. The molecule has 1 aromatic carbocycles. The van der Waals surface area contributed by atoms with E-state index in [2.05, 4.69) is 10.3 Å². The monoisotopic (exact) mass is 320 g/mol. The minimum Gasteiger partial charge on any atom is -0.371 e. The number of fused-ring (bicyclic) bond motifs is 1. The molecule has 0 radical (unpaired) electrons. The van der Waals surface area contributed by atoms with E-state index in [1.54, 1.807) is 6.20 Å². The summed E-state index contributed by atoms with van der Waals surface area (Å²) in [4.78, 5) is 2.74. The number of thiocarbonyl (C=S) groups is 1. The average molecular weight is 320 g/mol. The summed E-state index contributed by atoms with van der Waals surface area (Å²) in [5.41, 5.74) is 0.835. The van der Waals surface area contributed by atoms with Gasteiger partial charge < -0.3 is 10.3 Å². The summed E-state index contributed by atoms with van der Waals surface area (Å²) >= 11 is 6.37. The summed E-state index contributed by atoms with van der Waals surface area (Å²) in [6.07, 6.45) is 3.86. The van der Waals surface area contributed by atoms with E-state index in [4.69, 9.17) is 12.2 Å². The van der Waals surface area contributed by atoms with Gasteiger partial charge in [-0.3, -0.25) is 0 Å². The molecule has 0 spiro atoms. The second-order valence-corrected chi connectivity index (χ2v) is 5.37. The van der Waals surface area contributed by atoms with Gasteiger partial charge in [-0.05, 0) is 18.2 Å². The predicted octanol–water partition coefficient (Wildman–Crippen LogP) is 4.00. The third kappa shape index (κ3) is 3.27. The van der Waals surface area contributed by atoms with Crippen LogP contribution in [0.5, 0.6) is 0 Å². The quantitative estimate of drug-likeness (QED) is 0.661. The van der Waals surface area contributed by atoms with Gasteiger partial charge in [-0.2, -0.15) is 0 Å². The highest BCUT2D eigenvalue weighted by molar-refractivity contribution is 8.22. The fourth-order valence-corrected chi connectivity index (χ4v) is 2.18. The van der Waals surface area contributed by atoms with Gasteiger partial charge in [-0.25, -0.2) is 13.2 Å². The molecular weight excluding hydrogens is 305 g/mol. The minimum atomic E-state index is -1.44. The maximum atomic E-state index is 13.7. The Morgan fingerprint density at radius 1 is 1.35 bits per heavy atom. The van der Waals surface area contributed by atoms with E-state index in [9.17, 15) is 13.2 Å². The van der Waals surface area contributed by atoms with Crippen molar-refractivity contribution in [3.63, 3.8) is 0 Å². The van der Waals surface area contributed by atoms with Gasteiger partial charge >= 0.3 is 0 Å². The topological polar surface area (TPSA) is 27.8 Å². The largest absolute Gasteiger partial charge is 0.371 e. The van der Waals surface area contributed by atoms with Gasteiger partial charge in [0.05, 0.1) is 5.52 Å². The number of halogens is 3. The molecular formula is C13H15F3N2S2. The maximum Gasteiger partial charge on any atom is 0.195 e. The Labute approximate surface area is 125 Å². The number of hydrogen-bond acceptors (Lipinski definition) is 2. The Morgan fingerprint density at radius 3 is 2.70 bits per heavy atom. The zero-order chi connectivity index (χ0) is 14.0. The van der Waals surface area contributed by atoms with Crippen LogP contribution in [-0.4, -0.2) is 22.1 Å². The van der Waals surface area contributed by atoms with Crippen molar-refractivity contribution in [2.75, 3.05) is 12.8 Å². The molecule has 0 aliphatic rings. The van der Waals surface area contributed by atoms with Crippen molar-refractivity contribution in [2.24, 2.45) is 0 Å². The number of nitrogens with one attached hydrogen (secondary N) is 2. The lowest BCUT2D eigenvalue weighted by Gasteiger charge is -2.05. The summed E-state index contributed by atoms with van der Waals surface area (Å²) < 4.78 is 40.6. The molecule has 20 heavy (non-hydrogen) atoms. The minimum absolute atomic E-state index is 0. The predicted molar refractivity (Wildman–Crippen MR) is 82.7 cm³/mol. The molecule has 0 bridgehead atoms. The zero-order valence-corrected chi connectivity index (χ0v) is 11.7. The van der Waals surface area contributed by atoms with E-state index in [0.29, 0.717) is 22.8 Å². The van der Waals surface area contributed by atoms with Crippen molar-refractivity contribution in [1.29, 1.82) is 0 Å². The number of rotatable bonds is 3. The fraction of sp³-hybridized carbons (Fsp3) is 0.308. The van der Waals surface area contributed by atoms with Crippen LogP contribution >= 0.6 is 24.0 Å². The van der Waals surface area contributed by atoms with Crippen LogP contribution in [0.2, 0.25) is 0 Å². The fourth-order valence-electron chi connectivity index (χ4n) is 1.83. The molecule has 0 aliphatic carbocycles. The Hall–Kier alpha value is -1.21. The Morgan fingerprint density at radius 2 is 2.05 bits per heavy atom. The van der Waals surface area contributed by atoms with Crippen molar-refractivity contribution in [1.82, 2.24) is 10.3 Å². The molecule has 0 fully saturated rings. The van der Waals surface area contributed by atoms with Crippen LogP contribution < -0.4 is 5.32 Å². The molecule has 110 valence electrons. The third-order valence-corrected chi connectivity index (χ3v) is 3.89. The first-order chi connectivity index (χ1) is 9.04. The van der Waals surface area contributed by atoms with E-state index in [0.717, 1.165) is 6.07 Å². The van der Waals surface area contributed by atoms with Crippen LogP contribution in [0.3, 0.4) is 0 Å². The molecule has 0 aliphatic heterocycles. The zero-order valence-electron chi connectivity index (χ0n) is 10.0. The Bertz CT molecular complexity index is 626. The SMILES string of the molecule is C.CSC(=S)NCCc1c[nH]c2cc(F)c(F)c(F)c12. The average Bonchev–Trinajstić information content (AvgIpc) is 2.79. The standard InChI is InChI=1S/C12H11F3N2S2.CH4/c1-19-12(18)16-3-2-6-5-17-8-4-7(13)10(14)11(15)9(6)8;/h4-5,17H,2-3H2,1H3,(H,16,18);1H4. The molecule has 7 heteroatoms. The number of aromatic nitrogens is 1. The van der Waals surface area contributed by atoms with Crippen LogP contribution in [0.25, 0.3) is 10.9 Å². The van der Waals surface area contributed by atoms with Gasteiger partial charge in [0.25, 0.3) is 0 Å². The molecule has 0 saturated carbocycles. The normalized spacial score (nSPS) is 10.4. The number of hydrogen-bond donors (Lipinski definition) is 2. The van der Waals surface area contributed by atoms with Crippen LogP contribution in [-0.2, 0) is 6.42 Å². The van der Waals surface area contributed by atoms with Crippen molar-refractivity contribution >= 4 is 39.2 Å². The number of aromatic amines is 1. The van der Waals surface area contributed by atoms with Crippen molar-refractivity contribution < 1.29 is 13.2 Å². The Balaban J connectivity index is 0.00000200. The maximum absolute atomic E-state index is 13.7. The molecule has 0 atom stereocenters. The first kappa shape index (κ1) is 16.8. The van der Waals surface area contributed by atoms with Gasteiger partial charge in [0.2, 0.25) is 0 Å². The van der Waals surface area contributed by atoms with Crippen molar-refractivity contribution in [3.8, 4) is 0 Å². The van der Waals surface area contributed by atoms with Gasteiger partial charge in [-0.15, -0.1) is 11.8 Å². The molecule has 0 amide bonds. The first-order valence-electron chi connectivity index (χ1n) is 5.50. The highest BCUT2D eigenvalue weighted by Gasteiger charge is 2.17. The molecule has 1 aromatic heterocycles. The smallest absolute Gasteiger partial charge is 0.195 e. The lowest BCUT2D eigenvalue weighted by Crippen LogP contribution is -2.20. The summed E-state index contributed by atoms with van der Waals surface area (Å²) in [5, 5.41) is 3.06. The molecule has 2 aromatic rings. The first-order valence-corrected chi connectivity index (χ1v) is 7.13. The number of thioether (sulfide) groups is 1. The summed E-state index contributed by atoms with van der Waals surface area (Å²) in [6.45, 7) is 0.505. The number of benzene rings is 1. The Kier molecular flexibility index (Phi) is 5.88. The lowest BCUT2D eigenvalue weighted by molar-refractivity contribution is 0.453. The number of H-pyrrole nitrogens is 1. The van der Waals surface area contributed by atoms with Crippen LogP contribution in [0, 0.1) is 17.5 Å².